The number of aliphatic hydroxyl groups is 1. The molecule has 0 aliphatic rings. The van der Waals surface area contributed by atoms with Gasteiger partial charge in [0, 0.05) is 44.6 Å². The second kappa shape index (κ2) is 20.9. The molecule has 192 valence electrons. The van der Waals surface area contributed by atoms with Gasteiger partial charge in [-0.2, -0.15) is 0 Å². The lowest BCUT2D eigenvalue weighted by molar-refractivity contribution is -0.122. The lowest BCUT2D eigenvalue weighted by Crippen LogP contribution is -2.49. The highest BCUT2D eigenvalue weighted by molar-refractivity contribution is 5.76. The van der Waals surface area contributed by atoms with Gasteiger partial charge in [0.25, 0.3) is 0 Å². The van der Waals surface area contributed by atoms with E-state index in [1.807, 2.05) is 13.8 Å². The van der Waals surface area contributed by atoms with Crippen LogP contribution in [0.3, 0.4) is 0 Å². The minimum atomic E-state index is -0.472. The average Bonchev–Trinajstić information content (AvgIpc) is 2.72. The van der Waals surface area contributed by atoms with Gasteiger partial charge in [0.2, 0.25) is 11.8 Å². The van der Waals surface area contributed by atoms with Crippen molar-refractivity contribution in [2.75, 3.05) is 19.6 Å². The number of carbonyl (C=O) groups is 2. The Morgan fingerprint density at radius 2 is 1.12 bits per heavy atom. The summed E-state index contributed by atoms with van der Waals surface area (Å²) in [6.07, 6.45) is 17.3. The van der Waals surface area contributed by atoms with Gasteiger partial charge in [-0.3, -0.25) is 14.5 Å². The molecule has 0 rings (SSSR count). The molecule has 3 unspecified atom stereocenters. The van der Waals surface area contributed by atoms with Crippen LogP contribution in [0.2, 0.25) is 0 Å². The Morgan fingerprint density at radius 1 is 0.727 bits per heavy atom. The van der Waals surface area contributed by atoms with Crippen molar-refractivity contribution in [3.8, 4) is 0 Å². The van der Waals surface area contributed by atoms with Crippen molar-refractivity contribution in [2.24, 2.45) is 0 Å². The molecule has 0 aromatic rings. The molecule has 3 atom stereocenters. The van der Waals surface area contributed by atoms with Crippen molar-refractivity contribution in [1.82, 2.24) is 15.5 Å². The number of hydrogen-bond acceptors (Lipinski definition) is 4. The summed E-state index contributed by atoms with van der Waals surface area (Å²) in [7, 11) is 0. The molecule has 0 bridgehead atoms. The van der Waals surface area contributed by atoms with Crippen LogP contribution in [-0.4, -0.2) is 59.6 Å². The van der Waals surface area contributed by atoms with Gasteiger partial charge in [-0.15, -0.1) is 0 Å². The van der Waals surface area contributed by atoms with Crippen LogP contribution in [0.25, 0.3) is 0 Å². The summed E-state index contributed by atoms with van der Waals surface area (Å²) in [5.74, 6) is 0.135. The first-order chi connectivity index (χ1) is 15.8. The predicted octanol–water partition coefficient (Wildman–Crippen LogP) is 4.73. The molecule has 0 saturated carbocycles. The molecular weight excluding hydrogens is 414 g/mol. The van der Waals surface area contributed by atoms with Crippen LogP contribution < -0.4 is 10.6 Å². The van der Waals surface area contributed by atoms with Crippen molar-refractivity contribution in [3.63, 3.8) is 0 Å². The molecular formula is C27H51N3O3. The van der Waals surface area contributed by atoms with E-state index >= 15 is 0 Å². The SMILES string of the molecule is CCC/C=C/CCCC(=O)NC(C)CN(CC(C)O)CC(C)NC(=O)CCC/C=C/CCC. The third kappa shape index (κ3) is 20.7. The first-order valence-corrected chi connectivity index (χ1v) is 13.1. The lowest BCUT2D eigenvalue weighted by Gasteiger charge is -2.30. The molecule has 3 N–H and O–H groups in total. The number of allylic oxidation sites excluding steroid dienone is 4. The molecule has 0 aliphatic carbocycles. The molecule has 6 heteroatoms. The summed E-state index contributed by atoms with van der Waals surface area (Å²) < 4.78 is 0. The first-order valence-electron chi connectivity index (χ1n) is 13.1. The van der Waals surface area contributed by atoms with E-state index in [1.54, 1.807) is 6.92 Å². The quantitative estimate of drug-likeness (QED) is 0.179. The highest BCUT2D eigenvalue weighted by Gasteiger charge is 2.17. The number of rotatable bonds is 20. The molecule has 0 aliphatic heterocycles. The highest BCUT2D eigenvalue weighted by atomic mass is 16.3. The number of aliphatic hydroxyl groups excluding tert-OH is 1. The molecule has 2 amide bonds. The van der Waals surface area contributed by atoms with Gasteiger partial charge < -0.3 is 15.7 Å². The second-order valence-electron chi connectivity index (χ2n) is 9.31. The largest absolute Gasteiger partial charge is 0.392 e. The fourth-order valence-electron chi connectivity index (χ4n) is 3.72. The van der Waals surface area contributed by atoms with E-state index in [2.05, 4.69) is 53.7 Å². The predicted molar refractivity (Wildman–Crippen MR) is 139 cm³/mol. The van der Waals surface area contributed by atoms with Crippen LogP contribution in [0.15, 0.2) is 24.3 Å². The zero-order valence-corrected chi connectivity index (χ0v) is 21.9. The van der Waals surface area contributed by atoms with Crippen molar-refractivity contribution in [1.29, 1.82) is 0 Å². The summed E-state index contributed by atoms with van der Waals surface area (Å²) in [6.45, 7) is 11.8. The van der Waals surface area contributed by atoms with Gasteiger partial charge in [-0.1, -0.05) is 51.0 Å². The number of nitrogens with one attached hydrogen (secondary N) is 2. The summed E-state index contributed by atoms with van der Waals surface area (Å²) in [5.41, 5.74) is 0. The molecule has 0 radical (unpaired) electrons. The second-order valence-corrected chi connectivity index (χ2v) is 9.31. The highest BCUT2D eigenvalue weighted by Crippen LogP contribution is 2.03. The topological polar surface area (TPSA) is 81.7 Å². The standard InChI is InChI=1S/C27H51N3O3/c1-6-8-10-12-14-16-18-26(32)28-23(3)20-30(22-25(5)31)21-24(4)29-27(33)19-17-15-13-11-9-7-2/h10-13,23-25,31H,6-9,14-22H2,1-5H3,(H,28,32)(H,29,33)/b12-10+,13-11+. The number of amides is 2. The van der Waals surface area contributed by atoms with Crippen molar-refractivity contribution < 1.29 is 14.7 Å². The first kappa shape index (κ1) is 31.3. The van der Waals surface area contributed by atoms with Gasteiger partial charge in [-0.25, -0.2) is 0 Å². The third-order valence-corrected chi connectivity index (χ3v) is 5.19. The van der Waals surface area contributed by atoms with E-state index in [0.717, 1.165) is 51.4 Å². The zero-order chi connectivity index (χ0) is 24.9. The molecule has 6 nitrogen and oxygen atoms in total. The molecule has 0 heterocycles. The van der Waals surface area contributed by atoms with Crippen molar-refractivity contribution in [3.05, 3.63) is 24.3 Å². The molecule has 0 aromatic heterocycles. The average molecular weight is 466 g/mol. The summed E-state index contributed by atoms with van der Waals surface area (Å²) >= 11 is 0. The van der Waals surface area contributed by atoms with Gasteiger partial charge >= 0.3 is 0 Å². The maximum Gasteiger partial charge on any atom is 0.220 e. The van der Waals surface area contributed by atoms with Crippen LogP contribution in [0.4, 0.5) is 0 Å². The fraction of sp³-hybridized carbons (Fsp3) is 0.778. The Hall–Kier alpha value is -1.66. The number of carbonyl (C=O) groups excluding carboxylic acids is 2. The van der Waals surface area contributed by atoms with Crippen LogP contribution in [0, 0.1) is 0 Å². The van der Waals surface area contributed by atoms with Gasteiger partial charge in [0.1, 0.15) is 0 Å². The Bertz CT molecular complexity index is 517. The number of unbranched alkanes of at least 4 members (excludes halogenated alkanes) is 4. The maximum absolute atomic E-state index is 12.2. The Morgan fingerprint density at radius 3 is 1.48 bits per heavy atom. The molecule has 0 saturated heterocycles. The molecule has 0 spiro atoms. The van der Waals surface area contributed by atoms with E-state index in [-0.39, 0.29) is 23.9 Å². The van der Waals surface area contributed by atoms with Crippen LogP contribution in [-0.2, 0) is 9.59 Å². The van der Waals surface area contributed by atoms with Crippen LogP contribution in [0.5, 0.6) is 0 Å². The van der Waals surface area contributed by atoms with E-state index < -0.39 is 6.10 Å². The summed E-state index contributed by atoms with van der Waals surface area (Å²) in [5, 5.41) is 16.0. The Kier molecular flexibility index (Phi) is 19.9. The summed E-state index contributed by atoms with van der Waals surface area (Å²) in [4.78, 5) is 26.6. The molecule has 33 heavy (non-hydrogen) atoms. The normalized spacial score (nSPS) is 14.6. The van der Waals surface area contributed by atoms with E-state index in [1.165, 1.54) is 0 Å². The van der Waals surface area contributed by atoms with E-state index in [9.17, 15) is 14.7 Å². The fourth-order valence-corrected chi connectivity index (χ4v) is 3.72. The lowest BCUT2D eigenvalue weighted by atomic mass is 10.1. The Labute approximate surface area is 203 Å². The van der Waals surface area contributed by atoms with E-state index in [0.29, 0.717) is 32.5 Å². The van der Waals surface area contributed by atoms with Crippen LogP contribution >= 0.6 is 0 Å². The monoisotopic (exact) mass is 465 g/mol. The molecule has 0 fully saturated rings. The Balaban J connectivity index is 4.34. The van der Waals surface area contributed by atoms with Crippen molar-refractivity contribution >= 4 is 11.8 Å². The van der Waals surface area contributed by atoms with Gasteiger partial charge in [0.05, 0.1) is 6.10 Å². The third-order valence-electron chi connectivity index (χ3n) is 5.19. The maximum atomic E-state index is 12.2. The molecule has 0 aromatic carbocycles. The van der Waals surface area contributed by atoms with Crippen molar-refractivity contribution in [2.45, 2.75) is 117 Å². The number of hydrogen-bond donors (Lipinski definition) is 3. The van der Waals surface area contributed by atoms with Gasteiger partial charge in [-0.05, 0) is 59.3 Å². The van der Waals surface area contributed by atoms with E-state index in [4.69, 9.17) is 0 Å². The van der Waals surface area contributed by atoms with Crippen LogP contribution in [0.1, 0.15) is 98.8 Å². The minimum Gasteiger partial charge on any atom is -0.392 e. The minimum absolute atomic E-state index is 0.0234. The smallest absolute Gasteiger partial charge is 0.220 e. The zero-order valence-electron chi connectivity index (χ0n) is 21.9. The van der Waals surface area contributed by atoms with Gasteiger partial charge in [0.15, 0.2) is 0 Å². The summed E-state index contributed by atoms with van der Waals surface area (Å²) in [6, 6.07) is -0.0469. The number of nitrogens with zero attached hydrogens (tertiary/aromatic N) is 1.